The van der Waals surface area contributed by atoms with Crippen molar-refractivity contribution in [3.63, 3.8) is 0 Å². The maximum atomic E-state index is 10.1. The molecule has 0 atom stereocenters. The minimum absolute atomic E-state index is 0. The fraction of sp³-hybridized carbons (Fsp3) is 0.667. The summed E-state index contributed by atoms with van der Waals surface area (Å²) in [5, 5.41) is 0. The number of unbranched alkanes of at least 4 members (excludes halogenated alkanes) is 1. The van der Waals surface area contributed by atoms with E-state index in [-0.39, 0.29) is 23.6 Å². The van der Waals surface area contributed by atoms with Gasteiger partial charge in [-0.15, -0.1) is 0 Å². The van der Waals surface area contributed by atoms with Crippen LogP contribution in [0.25, 0.3) is 0 Å². The summed E-state index contributed by atoms with van der Waals surface area (Å²) in [6.45, 7) is 2.34. The van der Waals surface area contributed by atoms with E-state index >= 15 is 0 Å². The van der Waals surface area contributed by atoms with Gasteiger partial charge in [0.25, 0.3) is 0 Å². The zero-order valence-corrected chi connectivity index (χ0v) is 5.42. The van der Waals surface area contributed by atoms with Crippen molar-refractivity contribution < 1.29 is 14.3 Å². The molecule has 0 saturated heterocycles. The first-order valence-electron chi connectivity index (χ1n) is 2.93. The third-order valence-electron chi connectivity index (χ3n) is 0.838. The minimum atomic E-state index is -0.775. The monoisotopic (exact) mass is 160 g/mol. The fourth-order valence-corrected chi connectivity index (χ4v) is 0.351. The molecule has 0 aliphatic rings. The summed E-state index contributed by atoms with van der Waals surface area (Å²) in [6.07, 6.45) is 1.96. The number of aldehydes is 1. The molecular weight excluding hydrogens is 147 g/mol. The Morgan fingerprint density at radius 1 is 1.60 bits per heavy atom. The summed E-state index contributed by atoms with van der Waals surface area (Å²) in [7, 11) is 0. The lowest BCUT2D eigenvalue weighted by Crippen LogP contribution is -2.05. The highest BCUT2D eigenvalue weighted by atomic mass is 27.0. The van der Waals surface area contributed by atoms with Gasteiger partial charge in [0.15, 0.2) is 17.4 Å². The van der Waals surface area contributed by atoms with Gasteiger partial charge in [-0.25, -0.2) is 4.79 Å². The molecule has 0 fully saturated rings. The van der Waals surface area contributed by atoms with Crippen LogP contribution in [0.15, 0.2) is 0 Å². The van der Waals surface area contributed by atoms with Gasteiger partial charge in [-0.1, -0.05) is 13.3 Å². The van der Waals surface area contributed by atoms with Crippen LogP contribution in [0.2, 0.25) is 0 Å². The van der Waals surface area contributed by atoms with Gasteiger partial charge in [0.05, 0.1) is 6.61 Å². The molecular formula is C6H13AlO3. The van der Waals surface area contributed by atoms with Crippen LogP contribution in [0.1, 0.15) is 19.8 Å². The van der Waals surface area contributed by atoms with Gasteiger partial charge in [-0.05, 0) is 6.42 Å². The van der Waals surface area contributed by atoms with Gasteiger partial charge in [0.2, 0.25) is 6.29 Å². The topological polar surface area (TPSA) is 43.4 Å². The first kappa shape index (κ1) is 12.4. The van der Waals surface area contributed by atoms with Crippen LogP contribution in [0, 0.1) is 0 Å². The number of hydrogen-bond donors (Lipinski definition) is 0. The molecule has 0 heterocycles. The lowest BCUT2D eigenvalue weighted by molar-refractivity contribution is -0.148. The van der Waals surface area contributed by atoms with E-state index in [0.717, 1.165) is 12.8 Å². The third kappa shape index (κ3) is 7.67. The average molecular weight is 160 g/mol. The van der Waals surface area contributed by atoms with Crippen LogP contribution < -0.4 is 0 Å². The van der Waals surface area contributed by atoms with E-state index in [1.165, 1.54) is 0 Å². The zero-order chi connectivity index (χ0) is 7.11. The van der Waals surface area contributed by atoms with Crippen molar-refractivity contribution in [3.8, 4) is 0 Å². The van der Waals surface area contributed by atoms with Crippen LogP contribution in [0.4, 0.5) is 0 Å². The molecule has 0 radical (unpaired) electrons. The summed E-state index contributed by atoms with van der Waals surface area (Å²) < 4.78 is 4.42. The highest BCUT2D eigenvalue weighted by Crippen LogP contribution is 1.86. The predicted molar refractivity (Wildman–Crippen MR) is 41.9 cm³/mol. The summed E-state index contributed by atoms with van der Waals surface area (Å²) in [4.78, 5) is 19.7. The summed E-state index contributed by atoms with van der Waals surface area (Å²) in [5.74, 6) is -0.775. The Morgan fingerprint density at radius 3 is 2.60 bits per heavy atom. The number of rotatable bonds is 4. The quantitative estimate of drug-likeness (QED) is 0.180. The largest absolute Gasteiger partial charge is 0.460 e. The SMILES string of the molecule is CCCCOC(=O)C=O.[AlH3]. The normalized spacial score (nSPS) is 7.70. The predicted octanol–water partition coefficient (Wildman–Crippen LogP) is -0.655. The summed E-state index contributed by atoms with van der Waals surface area (Å²) in [6, 6.07) is 0. The molecule has 58 valence electrons. The molecule has 0 aromatic rings. The molecule has 4 heteroatoms. The highest BCUT2D eigenvalue weighted by molar-refractivity contribution is 6.20. The maximum absolute atomic E-state index is 10.1. The number of esters is 1. The first-order chi connectivity index (χ1) is 4.31. The minimum Gasteiger partial charge on any atom is -0.460 e. The van der Waals surface area contributed by atoms with Crippen molar-refractivity contribution in [2.45, 2.75) is 19.8 Å². The second-order valence-electron chi connectivity index (χ2n) is 1.64. The fourth-order valence-electron chi connectivity index (χ4n) is 0.351. The van der Waals surface area contributed by atoms with E-state index in [2.05, 4.69) is 4.74 Å². The number of ether oxygens (including phenoxy) is 1. The van der Waals surface area contributed by atoms with Crippen molar-refractivity contribution in [2.75, 3.05) is 6.61 Å². The Balaban J connectivity index is 0. The molecule has 0 N–H and O–H groups in total. The van der Waals surface area contributed by atoms with E-state index in [0.29, 0.717) is 6.61 Å². The van der Waals surface area contributed by atoms with Crippen LogP contribution in [0.5, 0.6) is 0 Å². The van der Waals surface area contributed by atoms with Crippen LogP contribution in [-0.2, 0) is 14.3 Å². The molecule has 0 unspecified atom stereocenters. The maximum Gasteiger partial charge on any atom is 0.371 e. The van der Waals surface area contributed by atoms with Crippen molar-refractivity contribution >= 4 is 29.6 Å². The van der Waals surface area contributed by atoms with Crippen molar-refractivity contribution in [1.29, 1.82) is 0 Å². The van der Waals surface area contributed by atoms with Gasteiger partial charge in [0, 0.05) is 0 Å². The van der Waals surface area contributed by atoms with Gasteiger partial charge >= 0.3 is 5.97 Å². The number of hydrogen-bond acceptors (Lipinski definition) is 3. The van der Waals surface area contributed by atoms with E-state index < -0.39 is 5.97 Å². The highest BCUT2D eigenvalue weighted by Gasteiger charge is 1.95. The molecule has 0 saturated carbocycles. The second-order valence-corrected chi connectivity index (χ2v) is 1.64. The third-order valence-corrected chi connectivity index (χ3v) is 0.838. The Kier molecular flexibility index (Phi) is 10.7. The van der Waals surface area contributed by atoms with E-state index in [9.17, 15) is 9.59 Å². The smallest absolute Gasteiger partial charge is 0.371 e. The molecule has 10 heavy (non-hydrogen) atoms. The Hall–Kier alpha value is -0.328. The second kappa shape index (κ2) is 8.67. The molecule has 0 aromatic carbocycles. The van der Waals surface area contributed by atoms with Crippen molar-refractivity contribution in [2.24, 2.45) is 0 Å². The van der Waals surface area contributed by atoms with Crippen LogP contribution in [-0.4, -0.2) is 36.2 Å². The van der Waals surface area contributed by atoms with Crippen LogP contribution >= 0.6 is 0 Å². The zero-order valence-electron chi connectivity index (χ0n) is 5.42. The standard InChI is InChI=1S/C6H10O3.Al.3H/c1-2-3-4-9-6(8)5-7;;;;/h5H,2-4H2,1H3;;;;. The molecule has 0 bridgehead atoms. The Bertz CT molecular complexity index is 103. The summed E-state index contributed by atoms with van der Waals surface area (Å²) >= 11 is 0. The van der Waals surface area contributed by atoms with E-state index in [4.69, 9.17) is 0 Å². The van der Waals surface area contributed by atoms with Crippen molar-refractivity contribution in [3.05, 3.63) is 0 Å². The lowest BCUT2D eigenvalue weighted by atomic mass is 10.4. The first-order valence-corrected chi connectivity index (χ1v) is 2.93. The van der Waals surface area contributed by atoms with Gasteiger partial charge in [-0.2, -0.15) is 0 Å². The molecule has 0 rings (SSSR count). The summed E-state index contributed by atoms with van der Waals surface area (Å²) in [5.41, 5.74) is 0. The van der Waals surface area contributed by atoms with E-state index in [1.807, 2.05) is 6.92 Å². The van der Waals surface area contributed by atoms with Gasteiger partial charge < -0.3 is 4.74 Å². The van der Waals surface area contributed by atoms with Gasteiger partial charge in [-0.3, -0.25) is 4.79 Å². The molecule has 0 aliphatic carbocycles. The molecule has 0 amide bonds. The van der Waals surface area contributed by atoms with Crippen molar-refractivity contribution in [1.82, 2.24) is 0 Å². The Labute approximate surface area is 70.9 Å². The molecule has 0 spiro atoms. The van der Waals surface area contributed by atoms with Gasteiger partial charge in [0.1, 0.15) is 0 Å². The number of carbonyl (C=O) groups excluding carboxylic acids is 2. The Morgan fingerprint density at radius 2 is 2.20 bits per heavy atom. The molecule has 0 aliphatic heterocycles. The number of carbonyl (C=O) groups is 2. The lowest BCUT2D eigenvalue weighted by Gasteiger charge is -1.95. The molecule has 3 nitrogen and oxygen atoms in total. The molecule has 0 aromatic heterocycles. The van der Waals surface area contributed by atoms with E-state index in [1.54, 1.807) is 0 Å². The average Bonchev–Trinajstić information content (AvgIpc) is 1.89. The van der Waals surface area contributed by atoms with Crippen LogP contribution in [0.3, 0.4) is 0 Å².